The fraction of sp³-hybridized carbons (Fsp3) is 0.278. The molecule has 2 heterocycles. The van der Waals surface area contributed by atoms with E-state index < -0.39 is 5.97 Å². The van der Waals surface area contributed by atoms with Crippen LogP contribution in [-0.4, -0.2) is 30.0 Å². The fourth-order valence-electron chi connectivity index (χ4n) is 2.66. The van der Waals surface area contributed by atoms with E-state index in [1.54, 1.807) is 11.0 Å². The molecule has 1 aliphatic rings. The molecule has 24 heavy (non-hydrogen) atoms. The maximum absolute atomic E-state index is 12.4. The standard InChI is InChI=1S/C18H18N2O3S/c1-13-19-15(12-24-13)8-9-18(22)23-11-17(21)20-10-4-6-14-5-2-3-7-16(14)20/h2-3,5,7-9,12H,4,6,10-11H2,1H3/b9-8+. The second-order valence-electron chi connectivity index (χ2n) is 5.51. The number of hydrogen-bond acceptors (Lipinski definition) is 5. The first-order chi connectivity index (χ1) is 11.6. The first kappa shape index (κ1) is 16.4. The summed E-state index contributed by atoms with van der Waals surface area (Å²) in [5, 5.41) is 2.79. The van der Waals surface area contributed by atoms with Gasteiger partial charge in [-0.25, -0.2) is 9.78 Å². The zero-order valence-corrected chi connectivity index (χ0v) is 14.2. The van der Waals surface area contributed by atoms with E-state index in [2.05, 4.69) is 4.98 Å². The highest BCUT2D eigenvalue weighted by Crippen LogP contribution is 2.26. The monoisotopic (exact) mass is 342 g/mol. The normalized spacial score (nSPS) is 13.8. The van der Waals surface area contributed by atoms with Crippen LogP contribution in [0.25, 0.3) is 6.08 Å². The lowest BCUT2D eigenvalue weighted by atomic mass is 10.0. The number of carbonyl (C=O) groups is 2. The molecule has 0 saturated carbocycles. The van der Waals surface area contributed by atoms with Crippen LogP contribution >= 0.6 is 11.3 Å². The lowest BCUT2D eigenvalue weighted by Gasteiger charge is -2.29. The number of aryl methyl sites for hydroxylation is 2. The van der Waals surface area contributed by atoms with E-state index in [1.165, 1.54) is 17.4 Å². The van der Waals surface area contributed by atoms with Crippen LogP contribution in [0.3, 0.4) is 0 Å². The number of thiazole rings is 1. The van der Waals surface area contributed by atoms with Gasteiger partial charge >= 0.3 is 5.97 Å². The summed E-state index contributed by atoms with van der Waals surface area (Å²) in [5.41, 5.74) is 2.78. The number of amides is 1. The number of anilines is 1. The van der Waals surface area contributed by atoms with E-state index in [1.807, 2.05) is 36.6 Å². The minimum atomic E-state index is -0.542. The van der Waals surface area contributed by atoms with Crippen LogP contribution in [-0.2, 0) is 20.7 Å². The molecule has 1 aromatic heterocycles. The van der Waals surface area contributed by atoms with Crippen molar-refractivity contribution in [2.45, 2.75) is 19.8 Å². The predicted octanol–water partition coefficient (Wildman–Crippen LogP) is 2.99. The van der Waals surface area contributed by atoms with Crippen molar-refractivity contribution in [3.05, 3.63) is 52.0 Å². The lowest BCUT2D eigenvalue weighted by Crippen LogP contribution is -2.38. The zero-order valence-electron chi connectivity index (χ0n) is 13.4. The Morgan fingerprint density at radius 3 is 3.00 bits per heavy atom. The van der Waals surface area contributed by atoms with Gasteiger partial charge in [0.15, 0.2) is 6.61 Å². The highest BCUT2D eigenvalue weighted by molar-refractivity contribution is 7.09. The summed E-state index contributed by atoms with van der Waals surface area (Å²) < 4.78 is 5.06. The summed E-state index contributed by atoms with van der Waals surface area (Å²) in [7, 11) is 0. The van der Waals surface area contributed by atoms with Crippen molar-refractivity contribution < 1.29 is 14.3 Å². The number of hydrogen-bond donors (Lipinski definition) is 0. The van der Waals surface area contributed by atoms with Crippen molar-refractivity contribution in [2.75, 3.05) is 18.1 Å². The molecule has 124 valence electrons. The highest BCUT2D eigenvalue weighted by Gasteiger charge is 2.22. The highest BCUT2D eigenvalue weighted by atomic mass is 32.1. The Hall–Kier alpha value is -2.47. The third kappa shape index (κ3) is 3.89. The summed E-state index contributed by atoms with van der Waals surface area (Å²) in [6.45, 7) is 2.30. The van der Waals surface area contributed by atoms with Crippen molar-refractivity contribution in [2.24, 2.45) is 0 Å². The molecule has 2 aromatic rings. The van der Waals surface area contributed by atoms with Crippen LogP contribution < -0.4 is 4.90 Å². The molecule has 1 aliphatic heterocycles. The zero-order chi connectivity index (χ0) is 16.9. The molecule has 1 amide bonds. The van der Waals surface area contributed by atoms with Crippen molar-refractivity contribution in [3.63, 3.8) is 0 Å². The summed E-state index contributed by atoms with van der Waals surface area (Å²) in [6.07, 6.45) is 4.77. The lowest BCUT2D eigenvalue weighted by molar-refractivity contribution is -0.142. The van der Waals surface area contributed by atoms with E-state index in [0.717, 1.165) is 29.1 Å². The van der Waals surface area contributed by atoms with Crippen molar-refractivity contribution in [1.29, 1.82) is 0 Å². The molecule has 3 rings (SSSR count). The molecular weight excluding hydrogens is 324 g/mol. The number of aromatic nitrogens is 1. The van der Waals surface area contributed by atoms with E-state index in [9.17, 15) is 9.59 Å². The predicted molar refractivity (Wildman–Crippen MR) is 94.0 cm³/mol. The maximum atomic E-state index is 12.4. The molecular formula is C18H18N2O3S. The summed E-state index contributed by atoms with van der Waals surface area (Å²) >= 11 is 1.51. The molecule has 0 unspecified atom stereocenters. The van der Waals surface area contributed by atoms with E-state index >= 15 is 0 Å². The molecule has 6 heteroatoms. The first-order valence-corrected chi connectivity index (χ1v) is 8.66. The van der Waals surface area contributed by atoms with Crippen LogP contribution in [0.4, 0.5) is 5.69 Å². The van der Waals surface area contributed by atoms with Gasteiger partial charge in [0.05, 0.1) is 10.7 Å². The Bertz CT molecular complexity index is 782. The average molecular weight is 342 g/mol. The molecule has 0 saturated heterocycles. The number of esters is 1. The van der Waals surface area contributed by atoms with Gasteiger partial charge in [-0.3, -0.25) is 4.79 Å². The van der Waals surface area contributed by atoms with E-state index in [4.69, 9.17) is 4.74 Å². The number of para-hydroxylation sites is 1. The van der Waals surface area contributed by atoms with Crippen molar-refractivity contribution >= 4 is 35.0 Å². The van der Waals surface area contributed by atoms with Crippen LogP contribution in [0.15, 0.2) is 35.7 Å². The van der Waals surface area contributed by atoms with Crippen molar-refractivity contribution in [3.8, 4) is 0 Å². The van der Waals surface area contributed by atoms with Crippen molar-refractivity contribution in [1.82, 2.24) is 4.98 Å². The van der Waals surface area contributed by atoms with Gasteiger partial charge < -0.3 is 9.64 Å². The Labute approximate surface area is 144 Å². The van der Waals surface area contributed by atoms with Gasteiger partial charge in [0.25, 0.3) is 5.91 Å². The first-order valence-electron chi connectivity index (χ1n) is 7.79. The van der Waals surface area contributed by atoms with Gasteiger partial charge in [0.2, 0.25) is 0 Å². The van der Waals surface area contributed by atoms with Gasteiger partial charge in [-0.1, -0.05) is 18.2 Å². The fourth-order valence-corrected chi connectivity index (χ4v) is 3.24. The van der Waals surface area contributed by atoms with Gasteiger partial charge in [-0.15, -0.1) is 11.3 Å². The SMILES string of the molecule is Cc1nc(/C=C/C(=O)OCC(=O)N2CCCc3ccccc32)cs1. The quantitative estimate of drug-likeness (QED) is 0.633. The third-order valence-corrected chi connectivity index (χ3v) is 4.57. The number of fused-ring (bicyclic) bond motifs is 1. The van der Waals surface area contributed by atoms with Gasteiger partial charge in [-0.2, -0.15) is 0 Å². The number of rotatable bonds is 4. The number of carbonyl (C=O) groups excluding carboxylic acids is 2. The Balaban J connectivity index is 1.56. The molecule has 0 N–H and O–H groups in total. The second kappa shape index (κ2) is 7.40. The van der Waals surface area contributed by atoms with Crippen LogP contribution in [0, 0.1) is 6.92 Å². The summed E-state index contributed by atoms with van der Waals surface area (Å²) in [5.74, 6) is -0.743. The minimum absolute atomic E-state index is 0.201. The van der Waals surface area contributed by atoms with Crippen LogP contribution in [0.5, 0.6) is 0 Å². The maximum Gasteiger partial charge on any atom is 0.331 e. The largest absolute Gasteiger partial charge is 0.452 e. The van der Waals surface area contributed by atoms with Gasteiger partial charge in [0.1, 0.15) is 0 Å². The topological polar surface area (TPSA) is 59.5 Å². The Morgan fingerprint density at radius 2 is 2.21 bits per heavy atom. The molecule has 0 radical (unpaired) electrons. The Morgan fingerprint density at radius 1 is 1.38 bits per heavy atom. The van der Waals surface area contributed by atoms with E-state index in [0.29, 0.717) is 12.2 Å². The Kier molecular flexibility index (Phi) is 5.05. The molecule has 0 aliphatic carbocycles. The summed E-state index contributed by atoms with van der Waals surface area (Å²) in [4.78, 5) is 30.0. The van der Waals surface area contributed by atoms with Crippen LogP contribution in [0.2, 0.25) is 0 Å². The number of nitrogens with zero attached hydrogens (tertiary/aromatic N) is 2. The second-order valence-corrected chi connectivity index (χ2v) is 6.57. The molecule has 0 bridgehead atoms. The average Bonchev–Trinajstić information content (AvgIpc) is 3.02. The summed E-state index contributed by atoms with van der Waals surface area (Å²) in [6, 6.07) is 7.84. The number of ether oxygens (including phenoxy) is 1. The van der Waals surface area contributed by atoms with E-state index in [-0.39, 0.29) is 12.5 Å². The smallest absolute Gasteiger partial charge is 0.331 e. The number of benzene rings is 1. The molecule has 0 atom stereocenters. The third-order valence-electron chi connectivity index (χ3n) is 3.78. The molecule has 0 spiro atoms. The van der Waals surface area contributed by atoms with Gasteiger partial charge in [-0.05, 0) is 37.5 Å². The molecule has 5 nitrogen and oxygen atoms in total. The van der Waals surface area contributed by atoms with Gasteiger partial charge in [0, 0.05) is 23.7 Å². The molecule has 0 fully saturated rings. The molecule has 1 aromatic carbocycles. The minimum Gasteiger partial charge on any atom is -0.452 e. The van der Waals surface area contributed by atoms with Crippen LogP contribution in [0.1, 0.15) is 22.7 Å².